The van der Waals surface area contributed by atoms with E-state index in [-0.39, 0.29) is 5.91 Å². The van der Waals surface area contributed by atoms with Crippen LogP contribution in [0.2, 0.25) is 0 Å². The van der Waals surface area contributed by atoms with Gasteiger partial charge in [-0.3, -0.25) is 4.79 Å². The summed E-state index contributed by atoms with van der Waals surface area (Å²) in [4.78, 5) is 14.3. The Hall–Kier alpha value is -0.780. The van der Waals surface area contributed by atoms with Gasteiger partial charge in [0.05, 0.1) is 5.69 Å². The molecule has 1 heterocycles. The summed E-state index contributed by atoms with van der Waals surface area (Å²) in [5.74, 6) is 0.998. The lowest BCUT2D eigenvalue weighted by Crippen LogP contribution is -2.59. The SMILES string of the molecule is CCN1C(=O)C2(CCC2)Oc2cc(I)ccc21. The van der Waals surface area contributed by atoms with Crippen LogP contribution in [0.25, 0.3) is 0 Å². The first-order valence-electron chi connectivity index (χ1n) is 5.97. The molecule has 4 heteroatoms. The number of halogens is 1. The fraction of sp³-hybridized carbons (Fsp3) is 0.462. The Morgan fingerprint density at radius 1 is 1.47 bits per heavy atom. The van der Waals surface area contributed by atoms with Gasteiger partial charge < -0.3 is 9.64 Å². The van der Waals surface area contributed by atoms with Gasteiger partial charge in [0, 0.05) is 10.1 Å². The van der Waals surface area contributed by atoms with E-state index in [1.165, 1.54) is 0 Å². The first-order valence-corrected chi connectivity index (χ1v) is 7.05. The fourth-order valence-electron chi connectivity index (χ4n) is 2.53. The second-order valence-electron chi connectivity index (χ2n) is 4.61. The van der Waals surface area contributed by atoms with Crippen molar-refractivity contribution in [1.82, 2.24) is 0 Å². The number of anilines is 1. The van der Waals surface area contributed by atoms with Crippen LogP contribution < -0.4 is 9.64 Å². The maximum Gasteiger partial charge on any atom is 0.271 e. The van der Waals surface area contributed by atoms with Crippen LogP contribution in [0.5, 0.6) is 5.75 Å². The van der Waals surface area contributed by atoms with Crippen molar-refractivity contribution in [2.75, 3.05) is 11.4 Å². The van der Waals surface area contributed by atoms with Gasteiger partial charge >= 0.3 is 0 Å². The molecule has 1 aliphatic heterocycles. The van der Waals surface area contributed by atoms with Gasteiger partial charge in [-0.1, -0.05) is 0 Å². The van der Waals surface area contributed by atoms with E-state index in [1.54, 1.807) is 0 Å². The Balaban J connectivity index is 2.10. The normalized spacial score (nSPS) is 20.8. The molecule has 1 saturated carbocycles. The van der Waals surface area contributed by atoms with Crippen molar-refractivity contribution < 1.29 is 9.53 Å². The predicted molar refractivity (Wildman–Crippen MR) is 74.4 cm³/mol. The van der Waals surface area contributed by atoms with Crippen LogP contribution in [0.4, 0.5) is 5.69 Å². The summed E-state index contributed by atoms with van der Waals surface area (Å²) >= 11 is 2.27. The van der Waals surface area contributed by atoms with Gasteiger partial charge in [-0.2, -0.15) is 0 Å². The molecule has 0 saturated heterocycles. The Morgan fingerprint density at radius 2 is 2.24 bits per heavy atom. The molecule has 0 N–H and O–H groups in total. The Morgan fingerprint density at radius 3 is 2.82 bits per heavy atom. The molecule has 3 nitrogen and oxygen atoms in total. The minimum absolute atomic E-state index is 0.139. The molecule has 0 unspecified atom stereocenters. The van der Waals surface area contributed by atoms with E-state index in [2.05, 4.69) is 22.6 Å². The zero-order valence-electron chi connectivity index (χ0n) is 9.70. The quantitative estimate of drug-likeness (QED) is 0.734. The number of rotatable bonds is 1. The zero-order chi connectivity index (χ0) is 12.0. The lowest BCUT2D eigenvalue weighted by molar-refractivity contribution is -0.143. The van der Waals surface area contributed by atoms with E-state index in [1.807, 2.05) is 30.0 Å². The van der Waals surface area contributed by atoms with E-state index in [9.17, 15) is 4.79 Å². The molecular weight excluding hydrogens is 329 g/mol. The molecule has 3 rings (SSSR count). The van der Waals surface area contributed by atoms with Crippen LogP contribution in [-0.4, -0.2) is 18.1 Å². The largest absolute Gasteiger partial charge is 0.475 e. The van der Waals surface area contributed by atoms with E-state index in [4.69, 9.17) is 4.74 Å². The maximum absolute atomic E-state index is 12.4. The van der Waals surface area contributed by atoms with Gasteiger partial charge in [-0.15, -0.1) is 0 Å². The summed E-state index contributed by atoms with van der Waals surface area (Å²) in [6.45, 7) is 2.72. The van der Waals surface area contributed by atoms with E-state index < -0.39 is 5.60 Å². The van der Waals surface area contributed by atoms with Crippen molar-refractivity contribution in [3.63, 3.8) is 0 Å². The van der Waals surface area contributed by atoms with Crippen LogP contribution in [-0.2, 0) is 4.79 Å². The summed E-state index contributed by atoms with van der Waals surface area (Å²) in [6, 6.07) is 6.01. The lowest BCUT2D eigenvalue weighted by atomic mass is 9.77. The minimum atomic E-state index is -0.548. The molecule has 2 aliphatic rings. The summed E-state index contributed by atoms with van der Waals surface area (Å²) in [5.41, 5.74) is 0.364. The highest BCUT2D eigenvalue weighted by Crippen LogP contribution is 2.46. The van der Waals surface area contributed by atoms with E-state index in [0.29, 0.717) is 6.54 Å². The number of carbonyl (C=O) groups is 1. The first kappa shape index (κ1) is 11.3. The van der Waals surface area contributed by atoms with Crippen LogP contribution in [0.15, 0.2) is 18.2 Å². The zero-order valence-corrected chi connectivity index (χ0v) is 11.9. The van der Waals surface area contributed by atoms with Gasteiger partial charge in [0.25, 0.3) is 5.91 Å². The molecule has 1 amide bonds. The number of amides is 1. The molecule has 1 spiro atoms. The number of likely N-dealkylation sites (N-methyl/N-ethyl adjacent to an activating group) is 1. The third-order valence-electron chi connectivity index (χ3n) is 3.63. The molecule has 0 radical (unpaired) electrons. The topological polar surface area (TPSA) is 29.5 Å². The number of hydrogen-bond donors (Lipinski definition) is 0. The summed E-state index contributed by atoms with van der Waals surface area (Å²) in [5, 5.41) is 0. The molecular formula is C13H14INO2. The molecule has 0 bridgehead atoms. The molecule has 0 atom stereocenters. The van der Waals surface area contributed by atoms with Crippen LogP contribution in [0, 0.1) is 3.57 Å². The van der Waals surface area contributed by atoms with Crippen molar-refractivity contribution in [2.24, 2.45) is 0 Å². The number of carbonyl (C=O) groups excluding carboxylic acids is 1. The van der Waals surface area contributed by atoms with Crippen molar-refractivity contribution in [2.45, 2.75) is 31.8 Å². The highest BCUT2D eigenvalue weighted by Gasteiger charge is 2.52. The van der Waals surface area contributed by atoms with Crippen molar-refractivity contribution in [3.8, 4) is 5.75 Å². The van der Waals surface area contributed by atoms with Gasteiger partial charge in [0.15, 0.2) is 5.60 Å². The van der Waals surface area contributed by atoms with Gasteiger partial charge in [0.1, 0.15) is 5.75 Å². The molecule has 1 aliphatic carbocycles. The number of ether oxygens (including phenoxy) is 1. The van der Waals surface area contributed by atoms with Crippen molar-refractivity contribution >= 4 is 34.2 Å². The van der Waals surface area contributed by atoms with Gasteiger partial charge in [0.2, 0.25) is 0 Å². The standard InChI is InChI=1S/C13H14INO2/c1-2-15-10-5-4-9(14)8-11(10)17-13(12(15)16)6-3-7-13/h4-5,8H,2-3,6-7H2,1H3. The lowest BCUT2D eigenvalue weighted by Gasteiger charge is -2.47. The van der Waals surface area contributed by atoms with Gasteiger partial charge in [-0.25, -0.2) is 0 Å². The van der Waals surface area contributed by atoms with Gasteiger partial charge in [-0.05, 0) is 67.0 Å². The Kier molecular flexibility index (Phi) is 2.57. The second kappa shape index (κ2) is 3.86. The van der Waals surface area contributed by atoms with E-state index >= 15 is 0 Å². The highest BCUT2D eigenvalue weighted by atomic mass is 127. The number of hydrogen-bond acceptors (Lipinski definition) is 2. The molecule has 1 aromatic carbocycles. The van der Waals surface area contributed by atoms with Crippen molar-refractivity contribution in [1.29, 1.82) is 0 Å². The third kappa shape index (κ3) is 1.57. The van der Waals surface area contributed by atoms with E-state index in [0.717, 1.165) is 34.3 Å². The van der Waals surface area contributed by atoms with Crippen LogP contribution in [0.1, 0.15) is 26.2 Å². The molecule has 1 fully saturated rings. The highest BCUT2D eigenvalue weighted by molar-refractivity contribution is 14.1. The molecule has 17 heavy (non-hydrogen) atoms. The smallest absolute Gasteiger partial charge is 0.271 e. The number of benzene rings is 1. The minimum Gasteiger partial charge on any atom is -0.475 e. The fourth-order valence-corrected chi connectivity index (χ4v) is 2.99. The molecule has 0 aromatic heterocycles. The second-order valence-corrected chi connectivity index (χ2v) is 5.86. The average Bonchev–Trinajstić information content (AvgIpc) is 2.26. The summed E-state index contributed by atoms with van der Waals surface area (Å²) < 4.78 is 7.12. The molecule has 90 valence electrons. The Labute approximate surface area is 114 Å². The first-order chi connectivity index (χ1) is 8.16. The summed E-state index contributed by atoms with van der Waals surface area (Å²) in [6.07, 6.45) is 2.79. The molecule has 1 aromatic rings. The number of fused-ring (bicyclic) bond motifs is 1. The monoisotopic (exact) mass is 343 g/mol. The number of nitrogens with zero attached hydrogens (tertiary/aromatic N) is 1. The summed E-state index contributed by atoms with van der Waals surface area (Å²) in [7, 11) is 0. The van der Waals surface area contributed by atoms with Crippen LogP contribution in [0.3, 0.4) is 0 Å². The predicted octanol–water partition coefficient (Wildman–Crippen LogP) is 2.96. The van der Waals surface area contributed by atoms with Crippen molar-refractivity contribution in [3.05, 3.63) is 21.8 Å². The Bertz CT molecular complexity index is 482. The van der Waals surface area contributed by atoms with Crippen LogP contribution >= 0.6 is 22.6 Å². The third-order valence-corrected chi connectivity index (χ3v) is 4.30. The maximum atomic E-state index is 12.4. The average molecular weight is 343 g/mol.